The monoisotopic (exact) mass is 286 g/mol. The van der Waals surface area contributed by atoms with E-state index >= 15 is 0 Å². The smallest absolute Gasteiger partial charge is 0.248 e. The lowest BCUT2D eigenvalue weighted by Gasteiger charge is -2.27. The number of hydrogen-bond donors (Lipinski definition) is 1. The molecular formula is C18H26N2O. The summed E-state index contributed by atoms with van der Waals surface area (Å²) in [7, 11) is 0. The molecule has 1 aliphatic carbocycles. The highest BCUT2D eigenvalue weighted by Gasteiger charge is 2.23. The zero-order valence-electron chi connectivity index (χ0n) is 13.5. The minimum Gasteiger partial charge on any atom is -0.369 e. The normalized spacial score (nSPS) is 15.2. The van der Waals surface area contributed by atoms with Gasteiger partial charge in [-0.1, -0.05) is 5.57 Å². The molecule has 0 radical (unpaired) electrons. The fourth-order valence-corrected chi connectivity index (χ4v) is 2.62. The molecule has 0 saturated heterocycles. The maximum absolute atomic E-state index is 11.9. The Morgan fingerprint density at radius 3 is 2.43 bits per heavy atom. The first-order valence-electron chi connectivity index (χ1n) is 7.87. The van der Waals surface area contributed by atoms with Crippen LogP contribution in [0.25, 0.3) is 0 Å². The summed E-state index contributed by atoms with van der Waals surface area (Å²) in [6, 6.07) is 8.55. The number of nitrogens with zero attached hydrogens (tertiary/aromatic N) is 1. The van der Waals surface area contributed by atoms with Crippen molar-refractivity contribution in [1.82, 2.24) is 0 Å². The van der Waals surface area contributed by atoms with Gasteiger partial charge in [0.25, 0.3) is 0 Å². The van der Waals surface area contributed by atoms with Crippen LogP contribution in [0, 0.1) is 5.92 Å². The summed E-state index contributed by atoms with van der Waals surface area (Å²) in [5.41, 5.74) is 3.24. The van der Waals surface area contributed by atoms with E-state index < -0.39 is 0 Å². The molecule has 1 saturated carbocycles. The highest BCUT2D eigenvalue weighted by Crippen LogP contribution is 2.35. The molecule has 1 aromatic carbocycles. The van der Waals surface area contributed by atoms with Crippen LogP contribution < -0.4 is 10.2 Å². The number of anilines is 2. The summed E-state index contributed by atoms with van der Waals surface area (Å²) >= 11 is 0. The van der Waals surface area contributed by atoms with Crippen molar-refractivity contribution in [3.63, 3.8) is 0 Å². The average molecular weight is 286 g/mol. The molecule has 0 heterocycles. The molecule has 0 aliphatic heterocycles. The summed E-state index contributed by atoms with van der Waals surface area (Å²) < 4.78 is 0. The lowest BCUT2D eigenvalue weighted by Crippen LogP contribution is -2.30. The van der Waals surface area contributed by atoms with Crippen LogP contribution >= 0.6 is 0 Å². The summed E-state index contributed by atoms with van der Waals surface area (Å²) in [6.07, 6.45) is 4.19. The second kappa shape index (κ2) is 6.79. The summed E-state index contributed by atoms with van der Waals surface area (Å²) in [5.74, 6) is 0.616. The molecule has 0 spiro atoms. The van der Waals surface area contributed by atoms with Crippen LogP contribution in [0.3, 0.4) is 0 Å². The molecule has 0 unspecified atom stereocenters. The van der Waals surface area contributed by atoms with Crippen LogP contribution in [0.2, 0.25) is 0 Å². The largest absolute Gasteiger partial charge is 0.369 e. The fourth-order valence-electron chi connectivity index (χ4n) is 2.62. The van der Waals surface area contributed by atoms with Crippen LogP contribution in [-0.4, -0.2) is 18.5 Å². The third kappa shape index (κ3) is 4.35. The van der Waals surface area contributed by atoms with Crippen molar-refractivity contribution >= 4 is 17.3 Å². The summed E-state index contributed by atoms with van der Waals surface area (Å²) in [5, 5.41) is 2.94. The molecule has 3 heteroatoms. The molecule has 21 heavy (non-hydrogen) atoms. The first-order valence-corrected chi connectivity index (χ1v) is 7.87. The van der Waals surface area contributed by atoms with E-state index in [1.165, 1.54) is 24.1 Å². The van der Waals surface area contributed by atoms with Crippen LogP contribution in [0.4, 0.5) is 11.4 Å². The maximum Gasteiger partial charge on any atom is 0.248 e. The van der Waals surface area contributed by atoms with Crippen molar-refractivity contribution < 1.29 is 4.79 Å². The number of carbonyl (C=O) groups is 1. The number of rotatable bonds is 6. The predicted octanol–water partition coefficient (Wildman–Crippen LogP) is 4.22. The van der Waals surface area contributed by atoms with Crippen LogP contribution in [0.15, 0.2) is 35.9 Å². The van der Waals surface area contributed by atoms with E-state index in [0.29, 0.717) is 12.0 Å². The Morgan fingerprint density at radius 1 is 1.33 bits per heavy atom. The van der Waals surface area contributed by atoms with Gasteiger partial charge in [-0.3, -0.25) is 4.79 Å². The number of carbonyl (C=O) groups excluding carboxylic acids is 1. The van der Waals surface area contributed by atoms with Crippen molar-refractivity contribution in [2.24, 2.45) is 5.92 Å². The fraction of sp³-hybridized carbons (Fsp3) is 0.500. The van der Waals surface area contributed by atoms with Crippen LogP contribution in [0.1, 0.15) is 40.5 Å². The molecule has 1 N–H and O–H groups in total. The van der Waals surface area contributed by atoms with Gasteiger partial charge in [0.1, 0.15) is 0 Å². The Bertz CT molecular complexity index is 513. The van der Waals surface area contributed by atoms with Crippen molar-refractivity contribution in [2.45, 2.75) is 46.6 Å². The lowest BCUT2D eigenvalue weighted by atomic mass is 10.2. The summed E-state index contributed by atoms with van der Waals surface area (Å²) in [6.45, 7) is 9.55. The summed E-state index contributed by atoms with van der Waals surface area (Å²) in [4.78, 5) is 14.3. The third-order valence-electron chi connectivity index (χ3n) is 4.01. The van der Waals surface area contributed by atoms with Gasteiger partial charge in [0.05, 0.1) is 0 Å². The van der Waals surface area contributed by atoms with E-state index in [2.05, 4.69) is 43.1 Å². The Balaban J connectivity index is 1.98. The molecular weight excluding hydrogens is 260 g/mol. The number of amides is 1. The van der Waals surface area contributed by atoms with E-state index in [0.717, 1.165) is 12.2 Å². The number of hydrogen-bond acceptors (Lipinski definition) is 2. The maximum atomic E-state index is 11.9. The number of allylic oxidation sites excluding steroid dienone is 1. The van der Waals surface area contributed by atoms with Gasteiger partial charge in [-0.2, -0.15) is 0 Å². The van der Waals surface area contributed by atoms with E-state index in [4.69, 9.17) is 0 Å². The highest BCUT2D eigenvalue weighted by molar-refractivity contribution is 5.99. The Morgan fingerprint density at radius 2 is 1.95 bits per heavy atom. The van der Waals surface area contributed by atoms with Crippen LogP contribution in [0.5, 0.6) is 0 Å². The SMILES string of the molecule is CCN(c1ccc(NC(=O)/C=C(/C)C2CC2)cc1)C(C)C. The first-order chi connectivity index (χ1) is 10.0. The molecule has 1 aromatic rings. The van der Waals surface area contributed by atoms with Crippen molar-refractivity contribution in [1.29, 1.82) is 0 Å². The van der Waals surface area contributed by atoms with Gasteiger partial charge in [-0.25, -0.2) is 0 Å². The van der Waals surface area contributed by atoms with Gasteiger partial charge in [-0.15, -0.1) is 0 Å². The second-order valence-corrected chi connectivity index (χ2v) is 6.08. The van der Waals surface area contributed by atoms with E-state index in [-0.39, 0.29) is 5.91 Å². The molecule has 1 amide bonds. The molecule has 1 aliphatic rings. The van der Waals surface area contributed by atoms with Gasteiger partial charge >= 0.3 is 0 Å². The van der Waals surface area contributed by atoms with Crippen molar-refractivity contribution in [2.75, 3.05) is 16.8 Å². The zero-order chi connectivity index (χ0) is 15.4. The Kier molecular flexibility index (Phi) is 5.05. The topological polar surface area (TPSA) is 32.3 Å². The van der Waals surface area contributed by atoms with Gasteiger partial charge in [-0.05, 0) is 70.7 Å². The number of nitrogens with one attached hydrogen (secondary N) is 1. The van der Waals surface area contributed by atoms with E-state index in [1.54, 1.807) is 6.08 Å². The lowest BCUT2D eigenvalue weighted by molar-refractivity contribution is -0.112. The van der Waals surface area contributed by atoms with Crippen molar-refractivity contribution in [3.8, 4) is 0 Å². The molecule has 0 bridgehead atoms. The molecule has 0 atom stereocenters. The van der Waals surface area contributed by atoms with Gasteiger partial charge in [0, 0.05) is 30.0 Å². The van der Waals surface area contributed by atoms with Gasteiger partial charge in [0.2, 0.25) is 5.91 Å². The highest BCUT2D eigenvalue weighted by atomic mass is 16.1. The standard InChI is InChI=1S/C18H26N2O/c1-5-20(13(2)3)17-10-8-16(9-11-17)19-18(21)12-14(4)15-6-7-15/h8-13,15H,5-7H2,1-4H3,(H,19,21)/b14-12-. The molecule has 114 valence electrons. The van der Waals surface area contributed by atoms with Crippen molar-refractivity contribution in [3.05, 3.63) is 35.9 Å². The second-order valence-electron chi connectivity index (χ2n) is 6.08. The minimum absolute atomic E-state index is 0.0247. The van der Waals surface area contributed by atoms with Gasteiger partial charge < -0.3 is 10.2 Å². The van der Waals surface area contributed by atoms with Crippen LogP contribution in [-0.2, 0) is 4.79 Å². The Hall–Kier alpha value is -1.77. The molecule has 1 fully saturated rings. The molecule has 0 aromatic heterocycles. The van der Waals surface area contributed by atoms with E-state index in [9.17, 15) is 4.79 Å². The third-order valence-corrected chi connectivity index (χ3v) is 4.01. The number of benzene rings is 1. The molecule has 2 rings (SSSR count). The molecule has 3 nitrogen and oxygen atoms in total. The predicted molar refractivity (Wildman–Crippen MR) is 89.7 cm³/mol. The first kappa shape index (κ1) is 15.6. The minimum atomic E-state index is -0.0247. The zero-order valence-corrected chi connectivity index (χ0v) is 13.5. The van der Waals surface area contributed by atoms with E-state index in [1.807, 2.05) is 19.1 Å². The Labute approximate surface area is 128 Å². The van der Waals surface area contributed by atoms with Gasteiger partial charge in [0.15, 0.2) is 0 Å². The quantitative estimate of drug-likeness (QED) is 0.794. The average Bonchev–Trinajstić information content (AvgIpc) is 3.25.